The second-order valence-corrected chi connectivity index (χ2v) is 6.77. The van der Waals surface area contributed by atoms with E-state index in [-0.39, 0.29) is 11.8 Å². The zero-order chi connectivity index (χ0) is 17.5. The molecule has 0 bridgehead atoms. The van der Waals surface area contributed by atoms with Gasteiger partial charge in [0, 0.05) is 35.7 Å². The number of likely N-dealkylation sites (tertiary alicyclic amines) is 1. The number of amides is 1. The first-order valence-corrected chi connectivity index (χ1v) is 8.80. The van der Waals surface area contributed by atoms with E-state index in [0.717, 1.165) is 47.1 Å². The second kappa shape index (κ2) is 5.94. The van der Waals surface area contributed by atoms with Gasteiger partial charge in [-0.1, -0.05) is 0 Å². The fourth-order valence-corrected chi connectivity index (χ4v) is 3.72. The summed E-state index contributed by atoms with van der Waals surface area (Å²) in [7, 11) is 0. The van der Waals surface area contributed by atoms with Crippen molar-refractivity contribution in [3.8, 4) is 0 Å². The maximum atomic E-state index is 13.0. The highest BCUT2D eigenvalue weighted by molar-refractivity contribution is 5.97. The SMILES string of the molecule is O=C(c1ccc2nc[nH]c2c1)N1CCCC(c2ccc3cn[nH]c3n2)C1. The van der Waals surface area contributed by atoms with Crippen LogP contribution in [-0.2, 0) is 0 Å². The molecule has 4 aromatic rings. The van der Waals surface area contributed by atoms with Crippen molar-refractivity contribution in [2.24, 2.45) is 0 Å². The van der Waals surface area contributed by atoms with Crippen molar-refractivity contribution in [1.29, 1.82) is 0 Å². The first kappa shape index (κ1) is 15.1. The van der Waals surface area contributed by atoms with Crippen LogP contribution in [0.5, 0.6) is 0 Å². The fourth-order valence-electron chi connectivity index (χ4n) is 3.72. The van der Waals surface area contributed by atoms with Gasteiger partial charge >= 0.3 is 0 Å². The van der Waals surface area contributed by atoms with Crippen LogP contribution in [0.1, 0.15) is 34.8 Å². The number of rotatable bonds is 2. The van der Waals surface area contributed by atoms with E-state index in [2.05, 4.69) is 20.2 Å². The number of nitrogens with zero attached hydrogens (tertiary/aromatic N) is 4. The summed E-state index contributed by atoms with van der Waals surface area (Å²) in [5, 5.41) is 7.96. The molecule has 1 saturated heterocycles. The quantitative estimate of drug-likeness (QED) is 0.584. The van der Waals surface area contributed by atoms with E-state index in [9.17, 15) is 4.79 Å². The van der Waals surface area contributed by atoms with Crippen molar-refractivity contribution < 1.29 is 4.79 Å². The molecule has 1 unspecified atom stereocenters. The number of benzene rings is 1. The Kier molecular flexibility index (Phi) is 3.44. The number of imidazole rings is 1. The summed E-state index contributed by atoms with van der Waals surface area (Å²) in [4.78, 5) is 26.9. The number of fused-ring (bicyclic) bond motifs is 2. The highest BCUT2D eigenvalue weighted by atomic mass is 16.2. The van der Waals surface area contributed by atoms with Crippen molar-refractivity contribution >= 4 is 28.0 Å². The number of carbonyl (C=O) groups is 1. The maximum absolute atomic E-state index is 13.0. The molecule has 130 valence electrons. The molecule has 0 saturated carbocycles. The van der Waals surface area contributed by atoms with Crippen molar-refractivity contribution in [3.05, 3.63) is 54.1 Å². The molecular weight excluding hydrogens is 328 g/mol. The molecule has 26 heavy (non-hydrogen) atoms. The number of hydrogen-bond donors (Lipinski definition) is 2. The highest BCUT2D eigenvalue weighted by Crippen LogP contribution is 2.28. The lowest BCUT2D eigenvalue weighted by Crippen LogP contribution is -2.39. The molecule has 7 heteroatoms. The molecule has 1 aliphatic heterocycles. The second-order valence-electron chi connectivity index (χ2n) is 6.77. The number of aromatic nitrogens is 5. The van der Waals surface area contributed by atoms with E-state index in [1.54, 1.807) is 12.5 Å². The molecule has 5 rings (SSSR count). The predicted octanol–water partition coefficient (Wildman–Crippen LogP) is 2.85. The molecular formula is C19H18N6O. The minimum atomic E-state index is 0.0637. The number of nitrogens with one attached hydrogen (secondary N) is 2. The Labute approximate surface area is 149 Å². The van der Waals surface area contributed by atoms with Crippen molar-refractivity contribution in [3.63, 3.8) is 0 Å². The van der Waals surface area contributed by atoms with Crippen molar-refractivity contribution in [2.45, 2.75) is 18.8 Å². The lowest BCUT2D eigenvalue weighted by atomic mass is 9.93. The number of H-pyrrole nitrogens is 2. The van der Waals surface area contributed by atoms with E-state index in [4.69, 9.17) is 4.98 Å². The van der Waals surface area contributed by atoms with Crippen LogP contribution in [-0.4, -0.2) is 49.0 Å². The van der Waals surface area contributed by atoms with Crippen LogP contribution in [0.15, 0.2) is 42.9 Å². The Hall–Kier alpha value is -3.22. The Bertz CT molecular complexity index is 1100. The number of hydrogen-bond acceptors (Lipinski definition) is 4. The first-order chi connectivity index (χ1) is 12.8. The van der Waals surface area contributed by atoms with Gasteiger partial charge in [-0.3, -0.25) is 9.89 Å². The van der Waals surface area contributed by atoms with Gasteiger partial charge in [0.25, 0.3) is 5.91 Å². The number of piperidine rings is 1. The van der Waals surface area contributed by atoms with Crippen LogP contribution in [0, 0.1) is 0 Å². The van der Waals surface area contributed by atoms with Gasteiger partial charge in [0.05, 0.1) is 23.6 Å². The summed E-state index contributed by atoms with van der Waals surface area (Å²) >= 11 is 0. The molecule has 0 aliphatic carbocycles. The predicted molar refractivity (Wildman–Crippen MR) is 97.9 cm³/mol. The summed E-state index contributed by atoms with van der Waals surface area (Å²) in [5.41, 5.74) is 4.27. The Balaban J connectivity index is 1.39. The monoisotopic (exact) mass is 346 g/mol. The van der Waals surface area contributed by atoms with Crippen molar-refractivity contribution in [1.82, 2.24) is 30.0 Å². The van der Waals surface area contributed by atoms with E-state index in [0.29, 0.717) is 12.1 Å². The summed E-state index contributed by atoms with van der Waals surface area (Å²) in [6, 6.07) is 9.70. The minimum Gasteiger partial charge on any atom is -0.345 e. The molecule has 4 heterocycles. The van der Waals surface area contributed by atoms with E-state index in [1.807, 2.05) is 35.2 Å². The summed E-state index contributed by atoms with van der Waals surface area (Å²) in [5.74, 6) is 0.310. The average Bonchev–Trinajstić information content (AvgIpc) is 3.35. The first-order valence-electron chi connectivity index (χ1n) is 8.80. The molecule has 0 radical (unpaired) electrons. The zero-order valence-corrected chi connectivity index (χ0v) is 14.1. The van der Waals surface area contributed by atoms with Gasteiger partial charge in [-0.2, -0.15) is 5.10 Å². The van der Waals surface area contributed by atoms with Gasteiger partial charge < -0.3 is 9.88 Å². The fraction of sp³-hybridized carbons (Fsp3) is 0.263. The maximum Gasteiger partial charge on any atom is 0.253 e. The third-order valence-electron chi connectivity index (χ3n) is 5.12. The Morgan fingerprint density at radius 3 is 3.15 bits per heavy atom. The number of carbonyl (C=O) groups excluding carboxylic acids is 1. The van der Waals surface area contributed by atoms with Gasteiger partial charge in [-0.15, -0.1) is 0 Å². The van der Waals surface area contributed by atoms with E-state index in [1.165, 1.54) is 0 Å². The molecule has 7 nitrogen and oxygen atoms in total. The molecule has 1 fully saturated rings. The van der Waals surface area contributed by atoms with Gasteiger partial charge in [0.15, 0.2) is 5.65 Å². The van der Waals surface area contributed by atoms with Crippen LogP contribution < -0.4 is 0 Å². The Morgan fingerprint density at radius 1 is 1.23 bits per heavy atom. The number of pyridine rings is 1. The van der Waals surface area contributed by atoms with E-state index >= 15 is 0 Å². The molecule has 0 spiro atoms. The van der Waals surface area contributed by atoms with Crippen LogP contribution in [0.4, 0.5) is 0 Å². The zero-order valence-electron chi connectivity index (χ0n) is 14.1. The molecule has 1 amide bonds. The van der Waals surface area contributed by atoms with Gasteiger partial charge in [-0.25, -0.2) is 9.97 Å². The molecule has 3 aromatic heterocycles. The number of aromatic amines is 2. The standard InChI is InChI=1S/C19H18N6O/c26-19(12-3-6-16-17(8-12)21-11-20-16)25-7-1-2-14(10-25)15-5-4-13-9-22-24-18(13)23-15/h3-6,8-9,11,14H,1-2,7,10H2,(H,20,21)(H,22,23,24). The van der Waals surface area contributed by atoms with E-state index < -0.39 is 0 Å². The van der Waals surface area contributed by atoms with Crippen LogP contribution in [0.2, 0.25) is 0 Å². The minimum absolute atomic E-state index is 0.0637. The lowest BCUT2D eigenvalue weighted by Gasteiger charge is -2.32. The van der Waals surface area contributed by atoms with Crippen molar-refractivity contribution in [2.75, 3.05) is 13.1 Å². The Morgan fingerprint density at radius 2 is 2.19 bits per heavy atom. The third-order valence-corrected chi connectivity index (χ3v) is 5.12. The third kappa shape index (κ3) is 2.52. The summed E-state index contributed by atoms with van der Waals surface area (Å²) in [6.45, 7) is 1.47. The van der Waals surface area contributed by atoms with Gasteiger partial charge in [0.2, 0.25) is 0 Å². The van der Waals surface area contributed by atoms with Crippen LogP contribution in [0.25, 0.3) is 22.1 Å². The molecule has 1 atom stereocenters. The van der Waals surface area contributed by atoms with Crippen LogP contribution in [0.3, 0.4) is 0 Å². The lowest BCUT2D eigenvalue weighted by molar-refractivity contribution is 0.0706. The average molecular weight is 346 g/mol. The molecule has 1 aliphatic rings. The topological polar surface area (TPSA) is 90.6 Å². The highest BCUT2D eigenvalue weighted by Gasteiger charge is 2.26. The smallest absolute Gasteiger partial charge is 0.253 e. The molecule has 2 N–H and O–H groups in total. The summed E-state index contributed by atoms with van der Waals surface area (Å²) < 4.78 is 0. The molecule has 1 aromatic carbocycles. The summed E-state index contributed by atoms with van der Waals surface area (Å²) in [6.07, 6.45) is 5.43. The largest absolute Gasteiger partial charge is 0.345 e. The van der Waals surface area contributed by atoms with Gasteiger partial charge in [-0.05, 0) is 43.2 Å². The van der Waals surface area contributed by atoms with Crippen LogP contribution >= 0.6 is 0 Å². The normalized spacial score (nSPS) is 17.8. The van der Waals surface area contributed by atoms with Gasteiger partial charge in [0.1, 0.15) is 0 Å².